The lowest BCUT2D eigenvalue weighted by molar-refractivity contribution is -0.135. The molecule has 0 atom stereocenters. The van der Waals surface area contributed by atoms with Gasteiger partial charge >= 0.3 is 12.0 Å². The van der Waals surface area contributed by atoms with E-state index in [1.807, 2.05) is 0 Å². The lowest BCUT2D eigenvalue weighted by atomic mass is 9.77. The first kappa shape index (κ1) is 20.8. The standard InChI is InChI=1S/C21H27N3O5/c1-13(2)29-18(26)15-4-6-16(7-5-15)22-17(25)12-24-19(27)21(23-20(24)28)10-8-14(3)9-11-21/h4-7,13-14H,8-12H2,1-3H3,(H,22,25)(H,23,28). The van der Waals surface area contributed by atoms with E-state index in [1.165, 1.54) is 0 Å². The first-order chi connectivity index (χ1) is 13.7. The minimum atomic E-state index is -0.859. The van der Waals surface area contributed by atoms with Crippen LogP contribution >= 0.6 is 0 Å². The molecule has 4 amide bonds. The van der Waals surface area contributed by atoms with Gasteiger partial charge in [0.05, 0.1) is 11.7 Å². The van der Waals surface area contributed by atoms with Crippen molar-refractivity contribution in [3.8, 4) is 0 Å². The number of amides is 4. The Morgan fingerprint density at radius 3 is 2.41 bits per heavy atom. The molecule has 0 bridgehead atoms. The number of hydrogen-bond acceptors (Lipinski definition) is 5. The molecule has 1 aliphatic carbocycles. The van der Waals surface area contributed by atoms with Gasteiger partial charge in [-0.1, -0.05) is 6.92 Å². The van der Waals surface area contributed by atoms with Crippen molar-refractivity contribution in [3.63, 3.8) is 0 Å². The molecule has 29 heavy (non-hydrogen) atoms. The summed E-state index contributed by atoms with van der Waals surface area (Å²) in [6.45, 7) is 5.31. The molecule has 1 aromatic rings. The van der Waals surface area contributed by atoms with Crippen LogP contribution in [0.3, 0.4) is 0 Å². The van der Waals surface area contributed by atoms with Gasteiger partial charge in [-0.2, -0.15) is 0 Å². The first-order valence-electron chi connectivity index (χ1n) is 9.95. The third kappa shape index (κ3) is 4.58. The molecule has 1 spiro atoms. The Balaban J connectivity index is 1.58. The van der Waals surface area contributed by atoms with Crippen LogP contribution in [-0.2, 0) is 14.3 Å². The molecule has 2 aliphatic rings. The molecule has 1 heterocycles. The van der Waals surface area contributed by atoms with Crippen molar-refractivity contribution in [2.45, 2.75) is 58.1 Å². The van der Waals surface area contributed by atoms with E-state index in [-0.39, 0.29) is 18.6 Å². The van der Waals surface area contributed by atoms with Crippen molar-refractivity contribution in [3.05, 3.63) is 29.8 Å². The molecule has 8 nitrogen and oxygen atoms in total. The maximum atomic E-state index is 12.8. The first-order valence-corrected chi connectivity index (χ1v) is 9.95. The average molecular weight is 401 g/mol. The smallest absolute Gasteiger partial charge is 0.338 e. The Labute approximate surface area is 170 Å². The van der Waals surface area contributed by atoms with Gasteiger partial charge in [0.25, 0.3) is 5.91 Å². The molecule has 2 fully saturated rings. The number of benzene rings is 1. The number of urea groups is 1. The van der Waals surface area contributed by atoms with E-state index < -0.39 is 23.4 Å². The van der Waals surface area contributed by atoms with Crippen molar-refractivity contribution < 1.29 is 23.9 Å². The summed E-state index contributed by atoms with van der Waals surface area (Å²) in [6, 6.07) is 5.72. The lowest BCUT2D eigenvalue weighted by Crippen LogP contribution is -2.49. The molecule has 0 radical (unpaired) electrons. The fourth-order valence-corrected chi connectivity index (χ4v) is 3.73. The summed E-state index contributed by atoms with van der Waals surface area (Å²) in [5, 5.41) is 5.45. The molecule has 1 aliphatic heterocycles. The molecule has 1 saturated heterocycles. The number of carbonyl (C=O) groups is 4. The van der Waals surface area contributed by atoms with E-state index in [1.54, 1.807) is 38.1 Å². The third-order valence-corrected chi connectivity index (χ3v) is 5.42. The molecular weight excluding hydrogens is 374 g/mol. The van der Waals surface area contributed by atoms with Crippen LogP contribution in [0.25, 0.3) is 0 Å². The van der Waals surface area contributed by atoms with Gasteiger partial charge in [0.15, 0.2) is 0 Å². The summed E-state index contributed by atoms with van der Waals surface area (Å²) in [5.41, 5.74) is -0.0221. The van der Waals surface area contributed by atoms with Gasteiger partial charge in [-0.05, 0) is 69.7 Å². The van der Waals surface area contributed by atoms with Gasteiger partial charge < -0.3 is 15.4 Å². The maximum absolute atomic E-state index is 12.8. The fourth-order valence-electron chi connectivity index (χ4n) is 3.73. The summed E-state index contributed by atoms with van der Waals surface area (Å²) in [4.78, 5) is 50.3. The van der Waals surface area contributed by atoms with E-state index in [9.17, 15) is 19.2 Å². The van der Waals surface area contributed by atoms with Gasteiger partial charge in [0.1, 0.15) is 12.1 Å². The number of nitrogens with one attached hydrogen (secondary N) is 2. The highest BCUT2D eigenvalue weighted by Gasteiger charge is 2.52. The number of anilines is 1. The third-order valence-electron chi connectivity index (χ3n) is 5.42. The van der Waals surface area contributed by atoms with Gasteiger partial charge in [-0.25, -0.2) is 9.59 Å². The number of imide groups is 1. The summed E-state index contributed by atoms with van der Waals surface area (Å²) < 4.78 is 5.12. The van der Waals surface area contributed by atoms with Gasteiger partial charge in [0.2, 0.25) is 5.91 Å². The SMILES string of the molecule is CC1CCC2(CC1)NC(=O)N(CC(=O)Nc1ccc(C(=O)OC(C)C)cc1)C2=O. The molecule has 1 aromatic carbocycles. The molecule has 1 saturated carbocycles. The summed E-state index contributed by atoms with van der Waals surface area (Å²) in [7, 11) is 0. The monoisotopic (exact) mass is 401 g/mol. The fraction of sp³-hybridized carbons (Fsp3) is 0.524. The van der Waals surface area contributed by atoms with Crippen LogP contribution in [0, 0.1) is 5.92 Å². The number of hydrogen-bond donors (Lipinski definition) is 2. The Morgan fingerprint density at radius 1 is 1.21 bits per heavy atom. The second-order valence-corrected chi connectivity index (χ2v) is 8.17. The van der Waals surface area contributed by atoms with E-state index in [0.717, 1.165) is 17.7 Å². The van der Waals surface area contributed by atoms with E-state index in [4.69, 9.17) is 4.74 Å². The predicted molar refractivity (Wildman–Crippen MR) is 106 cm³/mol. The molecular formula is C21H27N3O5. The van der Waals surface area contributed by atoms with Crippen molar-refractivity contribution in [2.75, 3.05) is 11.9 Å². The topological polar surface area (TPSA) is 105 Å². The summed E-state index contributed by atoms with van der Waals surface area (Å²) in [6.07, 6.45) is 2.73. The second kappa shape index (κ2) is 8.23. The Kier molecular flexibility index (Phi) is 5.91. The number of rotatable bonds is 5. The van der Waals surface area contributed by atoms with E-state index in [2.05, 4.69) is 17.6 Å². The molecule has 156 valence electrons. The maximum Gasteiger partial charge on any atom is 0.338 e. The minimum Gasteiger partial charge on any atom is -0.459 e. The van der Waals surface area contributed by atoms with Crippen LogP contribution in [-0.4, -0.2) is 46.9 Å². The molecule has 3 rings (SSSR count). The molecule has 0 aromatic heterocycles. The molecule has 0 unspecified atom stereocenters. The zero-order chi connectivity index (χ0) is 21.2. The van der Waals surface area contributed by atoms with Crippen molar-refractivity contribution in [1.29, 1.82) is 0 Å². The number of ether oxygens (including phenoxy) is 1. The van der Waals surface area contributed by atoms with E-state index in [0.29, 0.717) is 30.0 Å². The number of nitrogens with zero attached hydrogens (tertiary/aromatic N) is 1. The van der Waals surface area contributed by atoms with Crippen molar-refractivity contribution in [1.82, 2.24) is 10.2 Å². The van der Waals surface area contributed by atoms with Crippen LogP contribution in [0.4, 0.5) is 10.5 Å². The van der Waals surface area contributed by atoms with Crippen LogP contribution < -0.4 is 10.6 Å². The van der Waals surface area contributed by atoms with Crippen molar-refractivity contribution in [2.24, 2.45) is 5.92 Å². The largest absolute Gasteiger partial charge is 0.459 e. The van der Waals surface area contributed by atoms with E-state index >= 15 is 0 Å². The Morgan fingerprint density at radius 2 is 1.83 bits per heavy atom. The Bertz CT molecular complexity index is 810. The lowest BCUT2D eigenvalue weighted by Gasteiger charge is -2.33. The minimum absolute atomic E-state index is 0.221. The Hall–Kier alpha value is -2.90. The summed E-state index contributed by atoms with van der Waals surface area (Å²) in [5.74, 6) is -0.712. The number of carbonyl (C=O) groups excluding carboxylic acids is 4. The van der Waals surface area contributed by atoms with Crippen LogP contribution in [0.5, 0.6) is 0 Å². The molecule has 2 N–H and O–H groups in total. The van der Waals surface area contributed by atoms with Gasteiger partial charge in [0, 0.05) is 5.69 Å². The quantitative estimate of drug-likeness (QED) is 0.583. The summed E-state index contributed by atoms with van der Waals surface area (Å²) >= 11 is 0. The zero-order valence-electron chi connectivity index (χ0n) is 17.0. The highest BCUT2D eigenvalue weighted by molar-refractivity contribution is 6.10. The predicted octanol–water partition coefficient (Wildman–Crippen LogP) is 2.69. The van der Waals surface area contributed by atoms with Crippen LogP contribution in [0.2, 0.25) is 0 Å². The second-order valence-electron chi connectivity index (χ2n) is 8.17. The van der Waals surface area contributed by atoms with Crippen LogP contribution in [0.15, 0.2) is 24.3 Å². The van der Waals surface area contributed by atoms with Gasteiger partial charge in [-0.15, -0.1) is 0 Å². The van der Waals surface area contributed by atoms with Crippen LogP contribution in [0.1, 0.15) is 56.8 Å². The highest BCUT2D eigenvalue weighted by Crippen LogP contribution is 2.36. The molecule has 8 heteroatoms. The zero-order valence-corrected chi connectivity index (χ0v) is 17.0. The van der Waals surface area contributed by atoms with Crippen molar-refractivity contribution >= 4 is 29.5 Å². The number of esters is 1. The average Bonchev–Trinajstić information content (AvgIpc) is 2.88. The normalized spacial score (nSPS) is 24.0. The highest BCUT2D eigenvalue weighted by atomic mass is 16.5. The van der Waals surface area contributed by atoms with Gasteiger partial charge in [-0.3, -0.25) is 14.5 Å².